The molecule has 11 nitrogen and oxygen atoms in total. The van der Waals surface area contributed by atoms with Crippen LogP contribution in [0.2, 0.25) is 0 Å². The quantitative estimate of drug-likeness (QED) is 0.0606. The lowest BCUT2D eigenvalue weighted by molar-refractivity contribution is -0.197. The predicted octanol–water partition coefficient (Wildman–Crippen LogP) is 3.62. The Morgan fingerprint density at radius 3 is 1.90 bits per heavy atom. The molecule has 2 rings (SSSR count). The van der Waals surface area contributed by atoms with Crippen molar-refractivity contribution >= 4 is 41.5 Å². The molecule has 2 saturated heterocycles. The van der Waals surface area contributed by atoms with E-state index in [1.807, 2.05) is 6.92 Å². The highest BCUT2D eigenvalue weighted by molar-refractivity contribution is 7.97. The van der Waals surface area contributed by atoms with Crippen molar-refractivity contribution in [2.75, 3.05) is 25.6 Å². The molecule has 2 aliphatic rings. The monoisotopic (exact) mass is 583 g/mol. The van der Waals surface area contributed by atoms with Crippen molar-refractivity contribution in [3.05, 3.63) is 0 Å². The lowest BCUT2D eigenvalue weighted by atomic mass is 10.0. The average Bonchev–Trinajstić information content (AvgIpc) is 3.25. The molecule has 2 fully saturated rings. The van der Waals surface area contributed by atoms with Crippen LogP contribution in [0.4, 0.5) is 0 Å². The van der Waals surface area contributed by atoms with Gasteiger partial charge in [-0.2, -0.15) is 0 Å². The van der Waals surface area contributed by atoms with Crippen molar-refractivity contribution < 1.29 is 28.8 Å². The molecule has 0 aromatic carbocycles. The van der Waals surface area contributed by atoms with Gasteiger partial charge in [-0.05, 0) is 26.3 Å². The third kappa shape index (κ3) is 12.1. The summed E-state index contributed by atoms with van der Waals surface area (Å²) in [5, 5.41) is 9.43. The summed E-state index contributed by atoms with van der Waals surface area (Å²) >= 11 is 1.12. The van der Waals surface area contributed by atoms with E-state index in [1.54, 1.807) is 9.80 Å². The number of rotatable bonds is 23. The number of β-lactam (4-membered cyclic amide) rings is 1. The summed E-state index contributed by atoms with van der Waals surface area (Å²) in [6, 6.07) is -0.356. The van der Waals surface area contributed by atoms with E-state index in [9.17, 15) is 24.0 Å². The summed E-state index contributed by atoms with van der Waals surface area (Å²) in [4.78, 5) is 67.3. The Bertz CT molecular complexity index is 813. The highest BCUT2D eigenvalue weighted by atomic mass is 32.2. The zero-order valence-corrected chi connectivity index (χ0v) is 25.0. The molecule has 228 valence electrons. The molecule has 2 aliphatic heterocycles. The van der Waals surface area contributed by atoms with E-state index >= 15 is 0 Å². The molecule has 12 heteroatoms. The molecule has 4 amide bonds. The predicted molar refractivity (Wildman–Crippen MR) is 154 cm³/mol. The number of hydrogen-bond acceptors (Lipinski definition) is 9. The van der Waals surface area contributed by atoms with Gasteiger partial charge in [-0.1, -0.05) is 82.6 Å². The molecule has 0 aromatic rings. The third-order valence-corrected chi connectivity index (χ3v) is 7.95. The van der Waals surface area contributed by atoms with E-state index in [2.05, 4.69) is 5.32 Å². The number of hydrogen-bond donors (Lipinski definition) is 2. The Hall–Kier alpha value is -2.18. The molecule has 3 N–H and O–H groups in total. The van der Waals surface area contributed by atoms with Crippen molar-refractivity contribution in [2.24, 2.45) is 5.14 Å². The fraction of sp³-hybridized carbons (Fsp3) is 0.821. The first kappa shape index (κ1) is 34.0. The highest BCUT2D eigenvalue weighted by Crippen LogP contribution is 2.21. The fourth-order valence-corrected chi connectivity index (χ4v) is 5.44. The van der Waals surface area contributed by atoms with Crippen molar-refractivity contribution in [1.29, 1.82) is 0 Å². The van der Waals surface area contributed by atoms with Crippen LogP contribution in [0, 0.1) is 0 Å². The fourth-order valence-electron chi connectivity index (χ4n) is 4.95. The van der Waals surface area contributed by atoms with Crippen molar-refractivity contribution in [3.63, 3.8) is 0 Å². The number of carbonyl (C=O) groups excluding carboxylic acids is 5. The van der Waals surface area contributed by atoms with Crippen LogP contribution in [0.5, 0.6) is 0 Å². The Kier molecular flexibility index (Phi) is 16.9. The van der Waals surface area contributed by atoms with Gasteiger partial charge in [0.1, 0.15) is 6.04 Å². The van der Waals surface area contributed by atoms with E-state index in [0.717, 1.165) is 44.2 Å². The normalized spacial score (nSPS) is 16.9. The number of likely N-dealkylation sites (tertiary alicyclic amines) is 1. The van der Waals surface area contributed by atoms with Gasteiger partial charge in [0, 0.05) is 25.8 Å². The zero-order chi connectivity index (χ0) is 29.2. The largest absolute Gasteiger partial charge is 0.333 e. The van der Waals surface area contributed by atoms with Crippen LogP contribution in [-0.2, 0) is 28.8 Å². The van der Waals surface area contributed by atoms with Gasteiger partial charge in [0.2, 0.25) is 11.8 Å². The van der Waals surface area contributed by atoms with E-state index in [-0.39, 0.29) is 37.1 Å². The van der Waals surface area contributed by atoms with Gasteiger partial charge in [-0.3, -0.25) is 29.6 Å². The molecule has 0 aromatic heterocycles. The van der Waals surface area contributed by atoms with Crippen LogP contribution in [-0.4, -0.2) is 76.1 Å². The van der Waals surface area contributed by atoms with E-state index in [1.165, 1.54) is 51.4 Å². The number of imide groups is 1. The van der Waals surface area contributed by atoms with Gasteiger partial charge in [0.25, 0.3) is 11.8 Å². The molecule has 0 saturated carbocycles. The number of nitrogens with two attached hydrogens (primary N) is 1. The maximum atomic E-state index is 12.6. The number of unbranched alkanes of at least 4 members (excludes halogenated alkanes) is 12. The summed E-state index contributed by atoms with van der Waals surface area (Å²) in [6.45, 7) is 3.78. The molecular formula is C28H49N5O6S. The first-order valence-electron chi connectivity index (χ1n) is 15.1. The molecule has 0 spiro atoms. The van der Waals surface area contributed by atoms with Gasteiger partial charge in [-0.25, -0.2) is 4.79 Å². The molecular weight excluding hydrogens is 534 g/mol. The maximum absolute atomic E-state index is 12.6. The number of carbonyl (C=O) groups is 5. The van der Waals surface area contributed by atoms with Gasteiger partial charge in [0.15, 0.2) is 0 Å². The van der Waals surface area contributed by atoms with Gasteiger partial charge in [-0.15, -0.1) is 5.06 Å². The lowest BCUT2D eigenvalue weighted by Crippen LogP contribution is -2.62. The van der Waals surface area contributed by atoms with Crippen LogP contribution < -0.4 is 10.5 Å². The smallest absolute Gasteiger partial charge is 0.331 e. The Morgan fingerprint density at radius 2 is 1.40 bits per heavy atom. The number of nitrogens with one attached hydrogen (secondary N) is 1. The first-order valence-corrected chi connectivity index (χ1v) is 16.1. The zero-order valence-electron chi connectivity index (χ0n) is 24.2. The first-order chi connectivity index (χ1) is 19.4. The minimum Gasteiger partial charge on any atom is -0.331 e. The average molecular weight is 584 g/mol. The van der Waals surface area contributed by atoms with Crippen molar-refractivity contribution in [1.82, 2.24) is 20.2 Å². The van der Waals surface area contributed by atoms with Crippen molar-refractivity contribution in [2.45, 2.75) is 122 Å². The summed E-state index contributed by atoms with van der Waals surface area (Å²) < 4.78 is 0. The molecule has 2 heterocycles. The van der Waals surface area contributed by atoms with E-state index in [4.69, 9.17) is 9.98 Å². The second kappa shape index (κ2) is 19.8. The minimum absolute atomic E-state index is 0.0189. The lowest BCUT2D eigenvalue weighted by Gasteiger charge is -2.41. The number of amides is 4. The second-order valence-corrected chi connectivity index (χ2v) is 11.2. The highest BCUT2D eigenvalue weighted by Gasteiger charge is 2.42. The Labute approximate surface area is 243 Å². The molecule has 40 heavy (non-hydrogen) atoms. The van der Waals surface area contributed by atoms with Gasteiger partial charge < -0.3 is 14.6 Å². The summed E-state index contributed by atoms with van der Waals surface area (Å²) in [5.74, 6) is -0.928. The van der Waals surface area contributed by atoms with Crippen LogP contribution in [0.15, 0.2) is 0 Å². The van der Waals surface area contributed by atoms with Crippen LogP contribution in [0.3, 0.4) is 0 Å². The Morgan fingerprint density at radius 1 is 0.875 bits per heavy atom. The van der Waals surface area contributed by atoms with E-state index < -0.39 is 17.8 Å². The summed E-state index contributed by atoms with van der Waals surface area (Å²) in [7, 11) is 0. The second-order valence-electron chi connectivity index (χ2n) is 10.6. The summed E-state index contributed by atoms with van der Waals surface area (Å²) in [6.07, 6.45) is 15.6. The maximum Gasteiger partial charge on any atom is 0.333 e. The number of nitrogens with zero attached hydrogens (tertiary/aromatic N) is 3. The third-order valence-electron chi connectivity index (χ3n) is 7.49. The summed E-state index contributed by atoms with van der Waals surface area (Å²) in [5.41, 5.74) is 0. The Balaban J connectivity index is 1.33. The molecule has 1 atom stereocenters. The SMILES string of the molecule is CCN(CSN)C(=O)C1CC(=O)N1CNCCCCCCCCCCCCCCCC(=O)ON1C(=O)CCC1=O. The van der Waals surface area contributed by atoms with Gasteiger partial charge in [0.05, 0.1) is 19.0 Å². The topological polar surface area (TPSA) is 142 Å². The van der Waals surface area contributed by atoms with Crippen LogP contribution in [0.1, 0.15) is 116 Å². The molecule has 0 bridgehead atoms. The molecule has 1 unspecified atom stereocenters. The van der Waals surface area contributed by atoms with Crippen molar-refractivity contribution in [3.8, 4) is 0 Å². The van der Waals surface area contributed by atoms with E-state index in [0.29, 0.717) is 37.0 Å². The van der Waals surface area contributed by atoms with Crippen LogP contribution >= 0.6 is 11.9 Å². The number of likely N-dealkylation sites (N-methyl/N-ethyl adjacent to an activating group) is 1. The van der Waals surface area contributed by atoms with Gasteiger partial charge >= 0.3 is 5.97 Å². The molecule has 0 radical (unpaired) electrons. The standard InChI is InChI=1S/C28H49N5O6S/c1-2-31(22-40-29)28(38)23-20-26(36)32(23)21-30-19-15-13-11-9-7-5-3-4-6-8-10-12-14-16-27(37)39-33-24(34)17-18-25(33)35/h23,30H,2-22,29H2,1H3. The minimum atomic E-state index is -0.508. The molecule has 0 aliphatic carbocycles. The number of hydroxylamine groups is 2. The van der Waals surface area contributed by atoms with Crippen LogP contribution in [0.25, 0.3) is 0 Å².